The summed E-state index contributed by atoms with van der Waals surface area (Å²) in [6.07, 6.45) is 0.931. The van der Waals surface area contributed by atoms with Gasteiger partial charge in [0.1, 0.15) is 5.82 Å². The van der Waals surface area contributed by atoms with Crippen LogP contribution in [0.25, 0.3) is 11.0 Å². The summed E-state index contributed by atoms with van der Waals surface area (Å²) in [4.78, 5) is 4.26. The number of imidazole rings is 1. The van der Waals surface area contributed by atoms with Crippen molar-refractivity contribution in [2.45, 2.75) is 12.6 Å². The molecule has 2 aromatic carbocycles. The third kappa shape index (κ3) is 2.35. The molecule has 0 radical (unpaired) electrons. The Kier molecular flexibility index (Phi) is 3.01. The molecule has 0 spiro atoms. The highest BCUT2D eigenvalue weighted by Crippen LogP contribution is 2.19. The van der Waals surface area contributed by atoms with Gasteiger partial charge in [0.2, 0.25) is 0 Å². The summed E-state index contributed by atoms with van der Waals surface area (Å²) in [5.41, 5.74) is 2.41. The van der Waals surface area contributed by atoms with Crippen molar-refractivity contribution in [3.05, 3.63) is 66.2 Å². The summed E-state index contributed by atoms with van der Waals surface area (Å²) in [5, 5.41) is 10.2. The maximum absolute atomic E-state index is 13.1. The number of nitrogens with zero attached hydrogens (tertiary/aromatic N) is 2. The maximum Gasteiger partial charge on any atom is 0.123 e. The van der Waals surface area contributed by atoms with Crippen LogP contribution in [-0.2, 0) is 6.54 Å². The van der Waals surface area contributed by atoms with E-state index >= 15 is 0 Å². The van der Waals surface area contributed by atoms with Gasteiger partial charge >= 0.3 is 0 Å². The van der Waals surface area contributed by atoms with Crippen molar-refractivity contribution >= 4 is 11.0 Å². The summed E-state index contributed by atoms with van der Waals surface area (Å²) in [5.74, 6) is -0.341. The molecule has 3 rings (SSSR count). The zero-order valence-corrected chi connectivity index (χ0v) is 10.2. The lowest BCUT2D eigenvalue weighted by atomic mass is 10.1. The van der Waals surface area contributed by atoms with Gasteiger partial charge in [-0.2, -0.15) is 0 Å². The van der Waals surface area contributed by atoms with E-state index in [9.17, 15) is 9.50 Å². The number of hydrogen-bond acceptors (Lipinski definition) is 2. The van der Waals surface area contributed by atoms with Gasteiger partial charge in [0.15, 0.2) is 0 Å². The third-order valence-corrected chi connectivity index (χ3v) is 3.13. The zero-order valence-electron chi connectivity index (χ0n) is 10.2. The van der Waals surface area contributed by atoms with Gasteiger partial charge in [-0.05, 0) is 29.8 Å². The van der Waals surface area contributed by atoms with Crippen molar-refractivity contribution in [3.8, 4) is 0 Å². The first-order valence-corrected chi connectivity index (χ1v) is 6.07. The highest BCUT2D eigenvalue weighted by molar-refractivity contribution is 5.74. The quantitative estimate of drug-likeness (QED) is 0.782. The van der Waals surface area contributed by atoms with E-state index in [0.29, 0.717) is 12.1 Å². The van der Waals surface area contributed by atoms with E-state index in [1.54, 1.807) is 18.5 Å². The smallest absolute Gasteiger partial charge is 0.123 e. The van der Waals surface area contributed by atoms with Crippen LogP contribution in [0.2, 0.25) is 0 Å². The van der Waals surface area contributed by atoms with Crippen LogP contribution >= 0.6 is 0 Å². The van der Waals surface area contributed by atoms with Gasteiger partial charge in [0.05, 0.1) is 30.0 Å². The Bertz CT molecular complexity index is 708. The maximum atomic E-state index is 13.1. The van der Waals surface area contributed by atoms with Crippen molar-refractivity contribution < 1.29 is 9.50 Å². The normalized spacial score (nSPS) is 12.7. The molecule has 0 amide bonds. The Morgan fingerprint density at radius 3 is 2.84 bits per heavy atom. The molecule has 0 aliphatic heterocycles. The highest BCUT2D eigenvalue weighted by atomic mass is 19.1. The molecular weight excluding hydrogens is 243 g/mol. The molecule has 1 N–H and O–H groups in total. The predicted molar refractivity (Wildman–Crippen MR) is 71.1 cm³/mol. The lowest BCUT2D eigenvalue weighted by Crippen LogP contribution is -2.08. The second-order valence-electron chi connectivity index (χ2n) is 4.46. The van der Waals surface area contributed by atoms with Crippen molar-refractivity contribution in [2.75, 3.05) is 0 Å². The number of rotatable bonds is 3. The number of aliphatic hydroxyl groups excluding tert-OH is 1. The number of halogens is 1. The van der Waals surface area contributed by atoms with Gasteiger partial charge in [-0.25, -0.2) is 9.37 Å². The van der Waals surface area contributed by atoms with Gasteiger partial charge < -0.3 is 9.67 Å². The number of fused-ring (bicyclic) bond motifs is 1. The number of aliphatic hydroxyl groups is 1. The van der Waals surface area contributed by atoms with Crippen molar-refractivity contribution in [2.24, 2.45) is 0 Å². The largest absolute Gasteiger partial charge is 0.387 e. The van der Waals surface area contributed by atoms with E-state index < -0.39 is 6.10 Å². The predicted octanol–water partition coefficient (Wildman–Crippen LogP) is 2.91. The minimum absolute atomic E-state index is 0.341. The summed E-state index contributed by atoms with van der Waals surface area (Å²) >= 11 is 0. The summed E-state index contributed by atoms with van der Waals surface area (Å²) in [7, 11) is 0. The molecule has 4 heteroatoms. The molecule has 0 saturated carbocycles. The zero-order chi connectivity index (χ0) is 13.2. The molecule has 0 aliphatic carbocycles. The Morgan fingerprint density at radius 2 is 2.00 bits per heavy atom. The average Bonchev–Trinajstić information content (AvgIpc) is 2.82. The molecule has 1 aromatic heterocycles. The molecule has 1 heterocycles. The number of hydrogen-bond donors (Lipinski definition) is 1. The SMILES string of the molecule is OC(Cn1cnc2ccccc21)c1cccc(F)c1. The van der Waals surface area contributed by atoms with E-state index in [4.69, 9.17) is 0 Å². The second kappa shape index (κ2) is 4.82. The molecule has 0 aliphatic rings. The van der Waals surface area contributed by atoms with Crippen molar-refractivity contribution in [3.63, 3.8) is 0 Å². The molecule has 0 fully saturated rings. The van der Waals surface area contributed by atoms with Crippen molar-refractivity contribution in [1.29, 1.82) is 0 Å². The standard InChI is InChI=1S/C15H13FN2O/c16-12-5-3-4-11(8-12)15(19)9-18-10-17-13-6-1-2-7-14(13)18/h1-8,10,15,19H,9H2. The fourth-order valence-corrected chi connectivity index (χ4v) is 2.16. The molecule has 96 valence electrons. The van der Waals surface area contributed by atoms with Crippen LogP contribution in [-0.4, -0.2) is 14.7 Å². The van der Waals surface area contributed by atoms with Gasteiger partial charge in [0.25, 0.3) is 0 Å². The topological polar surface area (TPSA) is 38.0 Å². The Labute approximate surface area is 109 Å². The van der Waals surface area contributed by atoms with Crippen LogP contribution in [0.15, 0.2) is 54.9 Å². The molecular formula is C15H13FN2O. The summed E-state index contributed by atoms with van der Waals surface area (Å²) in [6, 6.07) is 13.7. The van der Waals surface area contributed by atoms with Gasteiger partial charge in [-0.3, -0.25) is 0 Å². The van der Waals surface area contributed by atoms with E-state index in [0.717, 1.165) is 11.0 Å². The second-order valence-corrected chi connectivity index (χ2v) is 4.46. The van der Waals surface area contributed by atoms with Crippen LogP contribution in [0.1, 0.15) is 11.7 Å². The first-order chi connectivity index (χ1) is 9.24. The first-order valence-electron chi connectivity index (χ1n) is 6.07. The Hall–Kier alpha value is -2.20. The van der Waals surface area contributed by atoms with Gasteiger partial charge in [-0.1, -0.05) is 24.3 Å². The molecule has 0 saturated heterocycles. The molecule has 3 nitrogen and oxygen atoms in total. The van der Waals surface area contributed by atoms with Gasteiger partial charge in [0, 0.05) is 0 Å². The lowest BCUT2D eigenvalue weighted by molar-refractivity contribution is 0.157. The first kappa shape index (κ1) is 11.9. The van der Waals surface area contributed by atoms with Crippen LogP contribution in [0.5, 0.6) is 0 Å². The van der Waals surface area contributed by atoms with Crippen LogP contribution in [0.4, 0.5) is 4.39 Å². The van der Waals surface area contributed by atoms with Crippen LogP contribution in [0, 0.1) is 5.82 Å². The third-order valence-electron chi connectivity index (χ3n) is 3.13. The minimum atomic E-state index is -0.756. The average molecular weight is 256 g/mol. The van der Waals surface area contributed by atoms with Crippen LogP contribution < -0.4 is 0 Å². The van der Waals surface area contributed by atoms with E-state index in [-0.39, 0.29) is 5.82 Å². The van der Waals surface area contributed by atoms with E-state index in [2.05, 4.69) is 4.98 Å². The minimum Gasteiger partial charge on any atom is -0.387 e. The summed E-state index contributed by atoms with van der Waals surface area (Å²) < 4.78 is 15.0. The molecule has 0 bridgehead atoms. The molecule has 1 unspecified atom stereocenters. The molecule has 1 atom stereocenters. The Balaban J connectivity index is 1.89. The fraction of sp³-hybridized carbons (Fsp3) is 0.133. The van der Waals surface area contributed by atoms with E-state index in [1.165, 1.54) is 12.1 Å². The summed E-state index contributed by atoms with van der Waals surface area (Å²) in [6.45, 7) is 0.351. The monoisotopic (exact) mass is 256 g/mol. The van der Waals surface area contributed by atoms with Crippen LogP contribution in [0.3, 0.4) is 0 Å². The Morgan fingerprint density at radius 1 is 1.16 bits per heavy atom. The molecule has 3 aromatic rings. The fourth-order valence-electron chi connectivity index (χ4n) is 2.16. The lowest BCUT2D eigenvalue weighted by Gasteiger charge is -2.12. The molecule has 19 heavy (non-hydrogen) atoms. The number of aromatic nitrogens is 2. The highest BCUT2D eigenvalue weighted by Gasteiger charge is 2.11. The van der Waals surface area contributed by atoms with E-state index in [1.807, 2.05) is 28.8 Å². The van der Waals surface area contributed by atoms with Crippen molar-refractivity contribution in [1.82, 2.24) is 9.55 Å². The number of para-hydroxylation sites is 2. The van der Waals surface area contributed by atoms with Gasteiger partial charge in [-0.15, -0.1) is 0 Å². The number of benzene rings is 2.